The van der Waals surface area contributed by atoms with Crippen molar-refractivity contribution in [1.82, 2.24) is 9.80 Å². The van der Waals surface area contributed by atoms with Crippen LogP contribution in [0.25, 0.3) is 0 Å². The van der Waals surface area contributed by atoms with Crippen LogP contribution in [0.3, 0.4) is 0 Å². The molecule has 0 unspecified atom stereocenters. The van der Waals surface area contributed by atoms with E-state index in [1.54, 1.807) is 0 Å². The Bertz CT molecular complexity index is 253. The summed E-state index contributed by atoms with van der Waals surface area (Å²) in [5, 5.41) is 0. The molecule has 0 spiro atoms. The number of piperidine rings is 1. The predicted octanol–water partition coefficient (Wildman–Crippen LogP) is 0.770. The molecular weight excluding hydrogens is 214 g/mol. The summed E-state index contributed by atoms with van der Waals surface area (Å²) in [6, 6.07) is -0.340. The lowest BCUT2D eigenvalue weighted by atomic mass is 9.95. The molecule has 100 valence electrons. The number of nitrogens with two attached hydrogens (primary N) is 1. The molecule has 1 aliphatic heterocycles. The van der Waals surface area contributed by atoms with Crippen molar-refractivity contribution >= 4 is 5.91 Å². The number of carbonyl (C=O) groups is 1. The van der Waals surface area contributed by atoms with E-state index in [0.717, 1.165) is 26.1 Å². The van der Waals surface area contributed by atoms with Crippen molar-refractivity contribution in [2.45, 2.75) is 32.7 Å². The summed E-state index contributed by atoms with van der Waals surface area (Å²) in [6.07, 6.45) is 2.33. The van der Waals surface area contributed by atoms with Gasteiger partial charge in [0.15, 0.2) is 0 Å². The van der Waals surface area contributed by atoms with Gasteiger partial charge in [0.05, 0.1) is 6.04 Å². The number of amides is 1. The highest BCUT2D eigenvalue weighted by Gasteiger charge is 2.28. The van der Waals surface area contributed by atoms with Crippen molar-refractivity contribution in [2.75, 3.05) is 33.7 Å². The topological polar surface area (TPSA) is 49.6 Å². The van der Waals surface area contributed by atoms with Crippen LogP contribution in [0.2, 0.25) is 0 Å². The van der Waals surface area contributed by atoms with E-state index in [9.17, 15) is 4.79 Å². The first kappa shape index (κ1) is 14.5. The second kappa shape index (κ2) is 6.36. The molecule has 0 saturated carbocycles. The first-order valence-electron chi connectivity index (χ1n) is 6.61. The average Bonchev–Trinajstić information content (AvgIpc) is 2.26. The summed E-state index contributed by atoms with van der Waals surface area (Å²) in [4.78, 5) is 16.3. The molecule has 2 atom stereocenters. The van der Waals surface area contributed by atoms with E-state index in [2.05, 4.69) is 19.0 Å². The maximum absolute atomic E-state index is 12.2. The number of likely N-dealkylation sites (tertiary alicyclic amines) is 1. The molecule has 0 aromatic rings. The highest BCUT2D eigenvalue weighted by molar-refractivity contribution is 5.82. The summed E-state index contributed by atoms with van der Waals surface area (Å²) >= 11 is 0. The Morgan fingerprint density at radius 2 is 2.12 bits per heavy atom. The van der Waals surface area contributed by atoms with E-state index in [1.165, 1.54) is 6.42 Å². The minimum Gasteiger partial charge on any atom is -0.341 e. The quantitative estimate of drug-likeness (QED) is 0.791. The third-order valence-electron chi connectivity index (χ3n) is 3.46. The Labute approximate surface area is 105 Å². The van der Waals surface area contributed by atoms with E-state index in [0.29, 0.717) is 5.92 Å². The number of hydrogen-bond acceptors (Lipinski definition) is 3. The van der Waals surface area contributed by atoms with Gasteiger partial charge in [0.25, 0.3) is 0 Å². The fourth-order valence-electron chi connectivity index (χ4n) is 2.43. The van der Waals surface area contributed by atoms with Crippen molar-refractivity contribution in [2.24, 2.45) is 17.6 Å². The number of hydrogen-bond donors (Lipinski definition) is 1. The third kappa shape index (κ3) is 4.28. The van der Waals surface area contributed by atoms with Crippen LogP contribution in [0.4, 0.5) is 0 Å². The van der Waals surface area contributed by atoms with Gasteiger partial charge in [0, 0.05) is 19.6 Å². The second-order valence-corrected chi connectivity index (χ2v) is 5.82. The van der Waals surface area contributed by atoms with Crippen LogP contribution in [-0.2, 0) is 4.79 Å². The highest BCUT2D eigenvalue weighted by Crippen LogP contribution is 2.18. The molecule has 17 heavy (non-hydrogen) atoms. The molecule has 0 bridgehead atoms. The Hall–Kier alpha value is -0.610. The van der Waals surface area contributed by atoms with Crippen molar-refractivity contribution in [1.29, 1.82) is 0 Å². The SMILES string of the molecule is CC(C)[C@H](N)C(=O)N1CCC[C@H](CN(C)C)C1. The van der Waals surface area contributed by atoms with Gasteiger partial charge in [-0.1, -0.05) is 13.8 Å². The first-order chi connectivity index (χ1) is 7.91. The summed E-state index contributed by atoms with van der Waals surface area (Å²) in [7, 11) is 4.17. The molecular formula is C13H27N3O. The van der Waals surface area contributed by atoms with E-state index < -0.39 is 0 Å². The Morgan fingerprint density at radius 3 is 2.65 bits per heavy atom. The van der Waals surface area contributed by atoms with Gasteiger partial charge in [-0.3, -0.25) is 4.79 Å². The van der Waals surface area contributed by atoms with Gasteiger partial charge in [-0.15, -0.1) is 0 Å². The van der Waals surface area contributed by atoms with Gasteiger partial charge >= 0.3 is 0 Å². The smallest absolute Gasteiger partial charge is 0.239 e. The minimum atomic E-state index is -0.340. The fourth-order valence-corrected chi connectivity index (χ4v) is 2.43. The van der Waals surface area contributed by atoms with Crippen LogP contribution in [0.15, 0.2) is 0 Å². The Kier molecular flexibility index (Phi) is 5.40. The van der Waals surface area contributed by atoms with Crippen LogP contribution in [0.5, 0.6) is 0 Å². The fraction of sp³-hybridized carbons (Fsp3) is 0.923. The van der Waals surface area contributed by atoms with Gasteiger partial charge in [-0.05, 0) is 38.8 Å². The van der Waals surface area contributed by atoms with Crippen molar-refractivity contribution in [3.63, 3.8) is 0 Å². The van der Waals surface area contributed by atoms with Gasteiger partial charge in [0.1, 0.15) is 0 Å². The molecule has 1 fully saturated rings. The van der Waals surface area contributed by atoms with Crippen LogP contribution >= 0.6 is 0 Å². The molecule has 0 aromatic heterocycles. The zero-order chi connectivity index (χ0) is 13.0. The Morgan fingerprint density at radius 1 is 1.47 bits per heavy atom. The lowest BCUT2D eigenvalue weighted by Gasteiger charge is -2.36. The zero-order valence-electron chi connectivity index (χ0n) is 11.6. The molecule has 1 saturated heterocycles. The minimum absolute atomic E-state index is 0.128. The summed E-state index contributed by atoms with van der Waals surface area (Å²) in [5.74, 6) is 0.947. The summed E-state index contributed by atoms with van der Waals surface area (Å²) < 4.78 is 0. The largest absolute Gasteiger partial charge is 0.341 e. The molecule has 0 aromatic carbocycles. The lowest BCUT2D eigenvalue weighted by molar-refractivity contribution is -0.135. The molecule has 4 nitrogen and oxygen atoms in total. The third-order valence-corrected chi connectivity index (χ3v) is 3.46. The van der Waals surface area contributed by atoms with Crippen LogP contribution < -0.4 is 5.73 Å². The van der Waals surface area contributed by atoms with Crippen LogP contribution in [0.1, 0.15) is 26.7 Å². The highest BCUT2D eigenvalue weighted by atomic mass is 16.2. The summed E-state index contributed by atoms with van der Waals surface area (Å²) in [6.45, 7) is 6.81. The van der Waals surface area contributed by atoms with Gasteiger partial charge in [-0.25, -0.2) is 0 Å². The monoisotopic (exact) mass is 241 g/mol. The van der Waals surface area contributed by atoms with E-state index in [4.69, 9.17) is 5.73 Å². The summed E-state index contributed by atoms with van der Waals surface area (Å²) in [5.41, 5.74) is 5.94. The van der Waals surface area contributed by atoms with Gasteiger partial charge in [-0.2, -0.15) is 0 Å². The maximum Gasteiger partial charge on any atom is 0.239 e. The molecule has 1 amide bonds. The molecule has 1 aliphatic rings. The average molecular weight is 241 g/mol. The maximum atomic E-state index is 12.2. The molecule has 2 N–H and O–H groups in total. The van der Waals surface area contributed by atoms with E-state index >= 15 is 0 Å². The normalized spacial score (nSPS) is 23.2. The number of rotatable bonds is 4. The van der Waals surface area contributed by atoms with Crippen molar-refractivity contribution < 1.29 is 4.79 Å². The first-order valence-corrected chi connectivity index (χ1v) is 6.61. The van der Waals surface area contributed by atoms with E-state index in [1.807, 2.05) is 18.7 Å². The van der Waals surface area contributed by atoms with Gasteiger partial charge in [0.2, 0.25) is 5.91 Å². The number of nitrogens with zero attached hydrogens (tertiary/aromatic N) is 2. The molecule has 1 heterocycles. The van der Waals surface area contributed by atoms with Crippen LogP contribution in [0, 0.1) is 11.8 Å². The molecule has 4 heteroatoms. The molecule has 1 rings (SSSR count). The molecule has 0 radical (unpaired) electrons. The standard InChI is InChI=1S/C13H27N3O/c1-10(2)12(14)13(17)16-7-5-6-11(9-16)8-15(3)4/h10-12H,5-9,14H2,1-4H3/t11-,12+/m1/s1. The van der Waals surface area contributed by atoms with Crippen LogP contribution in [-0.4, -0.2) is 55.5 Å². The second-order valence-electron chi connectivity index (χ2n) is 5.82. The van der Waals surface area contributed by atoms with Crippen molar-refractivity contribution in [3.05, 3.63) is 0 Å². The Balaban J connectivity index is 2.51. The predicted molar refractivity (Wildman–Crippen MR) is 70.7 cm³/mol. The number of carbonyl (C=O) groups excluding carboxylic acids is 1. The zero-order valence-corrected chi connectivity index (χ0v) is 11.6. The van der Waals surface area contributed by atoms with E-state index in [-0.39, 0.29) is 17.9 Å². The van der Waals surface area contributed by atoms with Crippen molar-refractivity contribution in [3.8, 4) is 0 Å². The molecule has 0 aliphatic carbocycles. The lowest BCUT2D eigenvalue weighted by Crippen LogP contribution is -2.50. The van der Waals surface area contributed by atoms with Gasteiger partial charge < -0.3 is 15.5 Å².